The molecule has 1 aromatic rings. The van der Waals surface area contributed by atoms with Crippen molar-refractivity contribution in [3.8, 4) is 0 Å². The van der Waals surface area contributed by atoms with Gasteiger partial charge in [-0.05, 0) is 31.2 Å². The summed E-state index contributed by atoms with van der Waals surface area (Å²) in [5.74, 6) is 1.88. The van der Waals surface area contributed by atoms with Crippen LogP contribution in [-0.2, 0) is 6.42 Å². The fourth-order valence-electron chi connectivity index (χ4n) is 2.91. The zero-order valence-electron chi connectivity index (χ0n) is 13.0. The van der Waals surface area contributed by atoms with Gasteiger partial charge in [0.2, 0.25) is 5.95 Å². The van der Waals surface area contributed by atoms with E-state index >= 15 is 0 Å². The smallest absolute Gasteiger partial charge is 0.244 e. The highest BCUT2D eigenvalue weighted by molar-refractivity contribution is 5.30. The first kappa shape index (κ1) is 15.3. The Bertz CT molecular complexity index is 403. The summed E-state index contributed by atoms with van der Waals surface area (Å²) >= 11 is 0. The largest absolute Gasteiger partial charge is 0.339 e. The van der Waals surface area contributed by atoms with Gasteiger partial charge < -0.3 is 10.6 Å². The molecule has 1 saturated heterocycles. The quantitative estimate of drug-likeness (QED) is 0.752. The predicted molar refractivity (Wildman–Crippen MR) is 82.8 cm³/mol. The Hall–Kier alpha value is -1.10. The molecule has 114 valence electrons. The van der Waals surface area contributed by atoms with Crippen LogP contribution in [0.25, 0.3) is 0 Å². The molecule has 0 saturated carbocycles. The summed E-state index contributed by atoms with van der Waals surface area (Å²) in [5.41, 5.74) is 6.11. The predicted octanol–water partition coefficient (Wildman–Crippen LogP) is 2.49. The maximum Gasteiger partial charge on any atom is 0.244 e. The van der Waals surface area contributed by atoms with E-state index in [-0.39, 0.29) is 5.41 Å². The molecule has 0 amide bonds. The molecular formula is C15H29N5. The Kier molecular flexibility index (Phi) is 5.40. The van der Waals surface area contributed by atoms with Gasteiger partial charge in [0.15, 0.2) is 0 Å². The Balaban J connectivity index is 1.88. The van der Waals surface area contributed by atoms with E-state index in [2.05, 4.69) is 33.9 Å². The number of nitrogens with two attached hydrogens (primary N) is 1. The van der Waals surface area contributed by atoms with Crippen molar-refractivity contribution in [3.05, 3.63) is 5.82 Å². The van der Waals surface area contributed by atoms with E-state index in [1.54, 1.807) is 0 Å². The second kappa shape index (κ2) is 7.07. The lowest BCUT2D eigenvalue weighted by atomic mass is 9.82. The van der Waals surface area contributed by atoms with Crippen molar-refractivity contribution >= 4 is 5.95 Å². The molecule has 1 unspecified atom stereocenters. The molecule has 0 spiro atoms. The molecule has 2 rings (SSSR count). The fourth-order valence-corrected chi connectivity index (χ4v) is 2.91. The van der Waals surface area contributed by atoms with E-state index in [4.69, 9.17) is 5.73 Å². The summed E-state index contributed by atoms with van der Waals surface area (Å²) in [6, 6.07) is 0. The number of nitrogens with zero attached hydrogens (tertiary/aromatic N) is 3. The van der Waals surface area contributed by atoms with E-state index in [1.165, 1.54) is 38.5 Å². The highest BCUT2D eigenvalue weighted by atomic mass is 15.4. The molecule has 0 aromatic carbocycles. The second-order valence-electron chi connectivity index (χ2n) is 6.43. The van der Waals surface area contributed by atoms with Crippen LogP contribution in [0.3, 0.4) is 0 Å². The van der Waals surface area contributed by atoms with E-state index in [9.17, 15) is 0 Å². The van der Waals surface area contributed by atoms with Crippen LogP contribution in [-0.4, -0.2) is 34.8 Å². The number of anilines is 1. The molecule has 0 bridgehead atoms. The van der Waals surface area contributed by atoms with E-state index in [1.807, 2.05) is 0 Å². The number of nitrogens with one attached hydrogen (secondary N) is 1. The molecule has 1 aromatic heterocycles. The first-order chi connectivity index (χ1) is 9.67. The summed E-state index contributed by atoms with van der Waals surface area (Å²) in [6.07, 6.45) is 8.44. The minimum atomic E-state index is 0.209. The monoisotopic (exact) mass is 279 g/mol. The number of unbranched alkanes of at least 4 members (excludes halogenated alkanes) is 3. The van der Waals surface area contributed by atoms with Crippen LogP contribution >= 0.6 is 0 Å². The maximum absolute atomic E-state index is 5.90. The van der Waals surface area contributed by atoms with Crippen LogP contribution in [0, 0.1) is 5.41 Å². The lowest BCUT2D eigenvalue weighted by molar-refractivity contribution is 0.270. The van der Waals surface area contributed by atoms with Gasteiger partial charge in [0.1, 0.15) is 5.82 Å². The lowest BCUT2D eigenvalue weighted by Gasteiger charge is -2.39. The molecule has 1 atom stereocenters. The number of hydrogen-bond donors (Lipinski definition) is 2. The van der Waals surface area contributed by atoms with Gasteiger partial charge in [-0.3, -0.25) is 5.10 Å². The SMILES string of the molecule is CCCCCCc1nc(N2CCCC(C)(CN)C2)n[nH]1. The van der Waals surface area contributed by atoms with Crippen molar-refractivity contribution in [1.29, 1.82) is 0 Å². The normalized spacial score (nSPS) is 23.2. The maximum atomic E-state index is 5.90. The van der Waals surface area contributed by atoms with Crippen molar-refractivity contribution in [1.82, 2.24) is 15.2 Å². The van der Waals surface area contributed by atoms with Crippen molar-refractivity contribution in [2.24, 2.45) is 11.1 Å². The Morgan fingerprint density at radius 3 is 2.95 bits per heavy atom. The molecule has 0 radical (unpaired) electrons. The van der Waals surface area contributed by atoms with Crippen LogP contribution in [0.4, 0.5) is 5.95 Å². The van der Waals surface area contributed by atoms with Gasteiger partial charge >= 0.3 is 0 Å². The summed E-state index contributed by atoms with van der Waals surface area (Å²) < 4.78 is 0. The van der Waals surface area contributed by atoms with Gasteiger partial charge in [-0.15, -0.1) is 5.10 Å². The minimum Gasteiger partial charge on any atom is -0.339 e. The fraction of sp³-hybridized carbons (Fsp3) is 0.867. The number of H-pyrrole nitrogens is 1. The Morgan fingerprint density at radius 1 is 1.35 bits per heavy atom. The molecule has 5 nitrogen and oxygen atoms in total. The number of hydrogen-bond acceptors (Lipinski definition) is 4. The van der Waals surface area contributed by atoms with Gasteiger partial charge in [0.25, 0.3) is 0 Å². The first-order valence-corrected chi connectivity index (χ1v) is 8.03. The standard InChI is InChI=1S/C15H29N5/c1-3-4-5-6-8-13-17-14(19-18-13)20-10-7-9-15(2,11-16)12-20/h3-12,16H2,1-2H3,(H,17,18,19). The molecule has 5 heteroatoms. The van der Waals surface area contributed by atoms with Crippen LogP contribution in [0.5, 0.6) is 0 Å². The Labute approximate surface area is 122 Å². The molecule has 1 aliphatic rings. The van der Waals surface area contributed by atoms with Crippen LogP contribution in [0.1, 0.15) is 58.2 Å². The lowest BCUT2D eigenvalue weighted by Crippen LogP contribution is -2.46. The zero-order chi connectivity index (χ0) is 14.4. The summed E-state index contributed by atoms with van der Waals surface area (Å²) in [5, 5.41) is 7.48. The van der Waals surface area contributed by atoms with Crippen LogP contribution in [0.2, 0.25) is 0 Å². The van der Waals surface area contributed by atoms with Crippen molar-refractivity contribution < 1.29 is 0 Å². The van der Waals surface area contributed by atoms with Gasteiger partial charge in [-0.1, -0.05) is 33.1 Å². The third-order valence-corrected chi connectivity index (χ3v) is 4.34. The molecule has 2 heterocycles. The van der Waals surface area contributed by atoms with Crippen molar-refractivity contribution in [2.45, 2.75) is 58.8 Å². The Morgan fingerprint density at radius 2 is 2.20 bits per heavy atom. The molecule has 1 fully saturated rings. The average molecular weight is 279 g/mol. The number of piperidine rings is 1. The molecule has 20 heavy (non-hydrogen) atoms. The molecule has 3 N–H and O–H groups in total. The highest BCUT2D eigenvalue weighted by Gasteiger charge is 2.31. The summed E-state index contributed by atoms with van der Waals surface area (Å²) in [4.78, 5) is 6.93. The van der Waals surface area contributed by atoms with Crippen molar-refractivity contribution in [3.63, 3.8) is 0 Å². The number of aromatic nitrogens is 3. The van der Waals surface area contributed by atoms with Gasteiger partial charge in [0.05, 0.1) is 0 Å². The average Bonchev–Trinajstić information content (AvgIpc) is 2.93. The van der Waals surface area contributed by atoms with Gasteiger partial charge in [-0.25, -0.2) is 0 Å². The number of aromatic amines is 1. The highest BCUT2D eigenvalue weighted by Crippen LogP contribution is 2.29. The molecule has 1 aliphatic heterocycles. The summed E-state index contributed by atoms with van der Waals surface area (Å²) in [7, 11) is 0. The van der Waals surface area contributed by atoms with E-state index < -0.39 is 0 Å². The topological polar surface area (TPSA) is 70.8 Å². The zero-order valence-corrected chi connectivity index (χ0v) is 13.0. The minimum absolute atomic E-state index is 0.209. The van der Waals surface area contributed by atoms with Crippen molar-refractivity contribution in [2.75, 3.05) is 24.5 Å². The molecular weight excluding hydrogens is 250 g/mol. The van der Waals surface area contributed by atoms with Gasteiger partial charge in [0, 0.05) is 19.5 Å². The number of rotatable bonds is 7. The van der Waals surface area contributed by atoms with Gasteiger partial charge in [-0.2, -0.15) is 4.98 Å². The second-order valence-corrected chi connectivity index (χ2v) is 6.43. The van der Waals surface area contributed by atoms with E-state index in [0.29, 0.717) is 0 Å². The van der Waals surface area contributed by atoms with Crippen LogP contribution < -0.4 is 10.6 Å². The molecule has 0 aliphatic carbocycles. The van der Waals surface area contributed by atoms with Crippen LogP contribution in [0.15, 0.2) is 0 Å². The third kappa shape index (κ3) is 3.95. The van der Waals surface area contributed by atoms with E-state index in [0.717, 1.165) is 37.8 Å². The third-order valence-electron chi connectivity index (χ3n) is 4.34. The summed E-state index contributed by atoms with van der Waals surface area (Å²) in [6.45, 7) is 7.24. The number of aryl methyl sites for hydroxylation is 1. The first-order valence-electron chi connectivity index (χ1n) is 8.03.